The molecule has 0 unspecified atom stereocenters. The highest BCUT2D eigenvalue weighted by Crippen LogP contribution is 2.32. The van der Waals surface area contributed by atoms with Crippen molar-refractivity contribution in [3.8, 4) is 11.5 Å². The van der Waals surface area contributed by atoms with Crippen molar-refractivity contribution in [1.82, 2.24) is 10.6 Å². The Balaban J connectivity index is 1.48. The van der Waals surface area contributed by atoms with Crippen molar-refractivity contribution in [2.24, 2.45) is 4.99 Å². The second-order valence-electron chi connectivity index (χ2n) is 5.53. The molecule has 1 aliphatic heterocycles. The molecule has 3 rings (SSSR count). The van der Waals surface area contributed by atoms with Gasteiger partial charge in [-0.15, -0.1) is 0 Å². The molecule has 0 fully saturated rings. The average Bonchev–Trinajstić information content (AvgIpc) is 3.07. The Morgan fingerprint density at radius 3 is 2.80 bits per heavy atom. The van der Waals surface area contributed by atoms with E-state index < -0.39 is 0 Å². The summed E-state index contributed by atoms with van der Waals surface area (Å²) in [5.41, 5.74) is 1.95. The Morgan fingerprint density at radius 1 is 1.16 bits per heavy atom. The topological polar surface area (TPSA) is 54.9 Å². The quantitative estimate of drug-likeness (QED) is 0.633. The molecule has 0 radical (unpaired) electrons. The molecule has 2 aromatic rings. The molecule has 5 nitrogen and oxygen atoms in total. The number of nitrogens with zero attached hydrogens (tertiary/aromatic N) is 1. The van der Waals surface area contributed by atoms with Crippen LogP contribution in [0.1, 0.15) is 11.1 Å². The molecule has 2 aromatic carbocycles. The Kier molecular flexibility index (Phi) is 5.60. The molecule has 0 saturated heterocycles. The van der Waals surface area contributed by atoms with Crippen LogP contribution in [0.4, 0.5) is 4.39 Å². The van der Waals surface area contributed by atoms with E-state index in [9.17, 15) is 4.39 Å². The SMILES string of the molecule is CN=C(NCCc1ccc(F)cc1Cl)NCc1ccc2c(c1)OCO2. The van der Waals surface area contributed by atoms with Gasteiger partial charge < -0.3 is 20.1 Å². The minimum absolute atomic E-state index is 0.265. The van der Waals surface area contributed by atoms with Crippen molar-refractivity contribution >= 4 is 17.6 Å². The monoisotopic (exact) mass is 363 g/mol. The van der Waals surface area contributed by atoms with E-state index in [0.717, 1.165) is 22.6 Å². The van der Waals surface area contributed by atoms with Gasteiger partial charge in [0.05, 0.1) is 0 Å². The molecule has 132 valence electrons. The molecule has 1 aliphatic rings. The third-order valence-electron chi connectivity index (χ3n) is 3.82. The first-order chi connectivity index (χ1) is 12.2. The van der Waals surface area contributed by atoms with Crippen LogP contribution in [0.25, 0.3) is 0 Å². The smallest absolute Gasteiger partial charge is 0.231 e. The molecule has 0 aliphatic carbocycles. The normalized spacial score (nSPS) is 13.0. The van der Waals surface area contributed by atoms with Gasteiger partial charge in [0, 0.05) is 25.2 Å². The molecule has 0 saturated carbocycles. The minimum Gasteiger partial charge on any atom is -0.454 e. The van der Waals surface area contributed by atoms with Gasteiger partial charge in [-0.05, 0) is 41.8 Å². The van der Waals surface area contributed by atoms with E-state index in [1.54, 1.807) is 13.1 Å². The van der Waals surface area contributed by atoms with Gasteiger partial charge in [0.1, 0.15) is 5.82 Å². The molecule has 0 amide bonds. The molecule has 0 atom stereocenters. The van der Waals surface area contributed by atoms with Crippen LogP contribution in [0, 0.1) is 5.82 Å². The summed E-state index contributed by atoms with van der Waals surface area (Å²) in [5, 5.41) is 6.88. The standard InChI is InChI=1S/C18H19ClFN3O2/c1-21-18(22-7-6-13-3-4-14(20)9-15(13)19)23-10-12-2-5-16-17(8-12)25-11-24-16/h2-5,8-9H,6-7,10-11H2,1H3,(H2,21,22,23). The van der Waals surface area contributed by atoms with Crippen molar-refractivity contribution in [1.29, 1.82) is 0 Å². The molecular weight excluding hydrogens is 345 g/mol. The van der Waals surface area contributed by atoms with Crippen molar-refractivity contribution in [3.63, 3.8) is 0 Å². The third kappa shape index (κ3) is 4.54. The predicted molar refractivity (Wildman–Crippen MR) is 95.9 cm³/mol. The lowest BCUT2D eigenvalue weighted by molar-refractivity contribution is 0.174. The zero-order valence-corrected chi connectivity index (χ0v) is 14.6. The van der Waals surface area contributed by atoms with Crippen LogP contribution in [0.2, 0.25) is 5.02 Å². The Morgan fingerprint density at radius 2 is 2.00 bits per heavy atom. The lowest BCUT2D eigenvalue weighted by Crippen LogP contribution is -2.37. The summed E-state index contributed by atoms with van der Waals surface area (Å²) >= 11 is 6.03. The number of hydrogen-bond donors (Lipinski definition) is 2. The largest absolute Gasteiger partial charge is 0.454 e. The van der Waals surface area contributed by atoms with Crippen LogP contribution in [0.3, 0.4) is 0 Å². The van der Waals surface area contributed by atoms with E-state index in [2.05, 4.69) is 15.6 Å². The Labute approximate surface area is 150 Å². The van der Waals surface area contributed by atoms with Gasteiger partial charge in [-0.3, -0.25) is 4.99 Å². The van der Waals surface area contributed by atoms with E-state index in [1.807, 2.05) is 18.2 Å². The second-order valence-corrected chi connectivity index (χ2v) is 5.93. The predicted octanol–water partition coefficient (Wildman–Crippen LogP) is 3.12. The number of guanidine groups is 1. The van der Waals surface area contributed by atoms with Gasteiger partial charge in [0.15, 0.2) is 17.5 Å². The molecule has 2 N–H and O–H groups in total. The number of rotatable bonds is 5. The molecule has 0 aromatic heterocycles. The van der Waals surface area contributed by atoms with Crippen LogP contribution < -0.4 is 20.1 Å². The maximum absolute atomic E-state index is 13.1. The van der Waals surface area contributed by atoms with Crippen molar-refractivity contribution in [2.45, 2.75) is 13.0 Å². The molecule has 1 heterocycles. The average molecular weight is 364 g/mol. The van der Waals surface area contributed by atoms with Crippen molar-refractivity contribution in [2.75, 3.05) is 20.4 Å². The summed E-state index contributed by atoms with van der Waals surface area (Å²) in [6.45, 7) is 1.50. The van der Waals surface area contributed by atoms with E-state index >= 15 is 0 Å². The number of nitrogens with one attached hydrogen (secondary N) is 2. The number of aliphatic imine (C=N–C) groups is 1. The van der Waals surface area contributed by atoms with Crippen molar-refractivity contribution < 1.29 is 13.9 Å². The molecular formula is C18H19ClFN3O2. The fraction of sp³-hybridized carbons (Fsp3) is 0.278. The van der Waals surface area contributed by atoms with E-state index in [0.29, 0.717) is 30.5 Å². The van der Waals surface area contributed by atoms with Gasteiger partial charge in [-0.2, -0.15) is 0 Å². The van der Waals surface area contributed by atoms with E-state index in [-0.39, 0.29) is 12.6 Å². The first-order valence-corrected chi connectivity index (χ1v) is 8.30. The number of halogens is 2. The van der Waals surface area contributed by atoms with E-state index in [1.165, 1.54) is 12.1 Å². The first-order valence-electron chi connectivity index (χ1n) is 7.92. The Bertz CT molecular complexity index is 783. The van der Waals surface area contributed by atoms with Gasteiger partial charge in [0.2, 0.25) is 6.79 Å². The summed E-state index contributed by atoms with van der Waals surface area (Å²) in [5.74, 6) is 1.87. The fourth-order valence-electron chi connectivity index (χ4n) is 2.50. The van der Waals surface area contributed by atoms with Gasteiger partial charge in [-0.1, -0.05) is 23.7 Å². The zero-order valence-electron chi connectivity index (χ0n) is 13.8. The van der Waals surface area contributed by atoms with Crippen LogP contribution in [-0.2, 0) is 13.0 Å². The van der Waals surface area contributed by atoms with Crippen LogP contribution in [0.5, 0.6) is 11.5 Å². The lowest BCUT2D eigenvalue weighted by Gasteiger charge is -2.12. The van der Waals surface area contributed by atoms with Crippen LogP contribution in [-0.4, -0.2) is 26.3 Å². The van der Waals surface area contributed by atoms with Gasteiger partial charge in [-0.25, -0.2) is 4.39 Å². The highest BCUT2D eigenvalue weighted by Gasteiger charge is 2.13. The van der Waals surface area contributed by atoms with E-state index in [4.69, 9.17) is 21.1 Å². The number of fused-ring (bicyclic) bond motifs is 1. The first kappa shape index (κ1) is 17.4. The van der Waals surface area contributed by atoms with Crippen LogP contribution in [0.15, 0.2) is 41.4 Å². The number of hydrogen-bond acceptors (Lipinski definition) is 3. The molecule has 0 spiro atoms. The van der Waals surface area contributed by atoms with Gasteiger partial charge >= 0.3 is 0 Å². The summed E-state index contributed by atoms with van der Waals surface area (Å²) in [4.78, 5) is 4.19. The lowest BCUT2D eigenvalue weighted by atomic mass is 10.1. The minimum atomic E-state index is -0.331. The molecule has 0 bridgehead atoms. The maximum atomic E-state index is 13.1. The fourth-order valence-corrected chi connectivity index (χ4v) is 2.76. The summed E-state index contributed by atoms with van der Waals surface area (Å²) < 4.78 is 23.7. The summed E-state index contributed by atoms with van der Waals surface area (Å²) in [7, 11) is 1.71. The van der Waals surface area contributed by atoms with Crippen LogP contribution >= 0.6 is 11.6 Å². The maximum Gasteiger partial charge on any atom is 0.231 e. The van der Waals surface area contributed by atoms with Crippen molar-refractivity contribution in [3.05, 3.63) is 58.4 Å². The molecule has 25 heavy (non-hydrogen) atoms. The van der Waals surface area contributed by atoms with Gasteiger partial charge in [0.25, 0.3) is 0 Å². The summed E-state index contributed by atoms with van der Waals surface area (Å²) in [6.07, 6.45) is 0.670. The third-order valence-corrected chi connectivity index (χ3v) is 4.17. The number of benzene rings is 2. The Hall–Kier alpha value is -2.47. The highest BCUT2D eigenvalue weighted by molar-refractivity contribution is 6.31. The second kappa shape index (κ2) is 8.07. The summed E-state index contributed by atoms with van der Waals surface area (Å²) in [6, 6.07) is 10.2. The number of ether oxygens (including phenoxy) is 2. The highest BCUT2D eigenvalue weighted by atomic mass is 35.5. The zero-order chi connectivity index (χ0) is 17.6. The molecule has 7 heteroatoms.